The van der Waals surface area contributed by atoms with Crippen LogP contribution in [0.3, 0.4) is 0 Å². The summed E-state index contributed by atoms with van der Waals surface area (Å²) < 4.78 is 5.85. The van der Waals surface area contributed by atoms with Gasteiger partial charge in [0.15, 0.2) is 0 Å². The topological polar surface area (TPSA) is 45.3 Å². The van der Waals surface area contributed by atoms with E-state index in [1.807, 2.05) is 48.7 Å². The number of nitrogens with one attached hydrogen (secondary N) is 1. The van der Waals surface area contributed by atoms with Crippen LogP contribution >= 0.6 is 11.6 Å². The number of hydrogen-bond donors (Lipinski definition) is 1. The van der Waals surface area contributed by atoms with Gasteiger partial charge in [-0.3, -0.25) is 0 Å². The highest BCUT2D eigenvalue weighted by Gasteiger charge is 2.47. The molecule has 0 bridgehead atoms. The summed E-state index contributed by atoms with van der Waals surface area (Å²) in [7, 11) is 0. The lowest BCUT2D eigenvalue weighted by molar-refractivity contribution is -0.0355. The first-order chi connectivity index (χ1) is 13.1. The largest absolute Gasteiger partial charge is 0.450 e. The molecule has 4 nitrogen and oxygen atoms in total. The van der Waals surface area contributed by atoms with Crippen molar-refractivity contribution >= 4 is 34.2 Å². The van der Waals surface area contributed by atoms with Crippen LogP contribution in [0.5, 0.6) is 0 Å². The Kier molecular flexibility index (Phi) is 3.59. The van der Waals surface area contributed by atoms with E-state index in [1.54, 1.807) is 0 Å². The molecule has 27 heavy (non-hydrogen) atoms. The summed E-state index contributed by atoms with van der Waals surface area (Å²) in [6.07, 6.45) is 3.52. The molecule has 0 unspecified atom stereocenters. The van der Waals surface area contributed by atoms with Crippen LogP contribution in [-0.4, -0.2) is 28.9 Å². The van der Waals surface area contributed by atoms with Crippen LogP contribution in [0.25, 0.3) is 16.6 Å². The molecule has 0 radical (unpaired) electrons. The number of ether oxygens (including phenoxy) is 1. The number of nitrogens with zero attached hydrogens (tertiary/aromatic N) is 1. The number of hydrogen-bond acceptors (Lipinski definition) is 3. The first-order valence-corrected chi connectivity index (χ1v) is 9.49. The van der Waals surface area contributed by atoms with Crippen molar-refractivity contribution in [2.24, 2.45) is 0 Å². The molecule has 0 saturated carbocycles. The molecule has 2 aliphatic heterocycles. The summed E-state index contributed by atoms with van der Waals surface area (Å²) in [6.45, 7) is 5.92. The molecular formula is C22H19ClN2O2. The number of carbonyl (C=O) groups excluding carboxylic acids is 1. The Morgan fingerprint density at radius 3 is 2.78 bits per heavy atom. The zero-order valence-corrected chi connectivity index (χ0v) is 15.6. The number of esters is 1. The number of likely N-dealkylation sites (tertiary alicyclic amines) is 1. The second-order valence-corrected chi connectivity index (χ2v) is 7.69. The number of aromatic nitrogens is 1. The van der Waals surface area contributed by atoms with E-state index < -0.39 is 5.60 Å². The first kappa shape index (κ1) is 16.5. The van der Waals surface area contributed by atoms with Crippen molar-refractivity contribution in [1.29, 1.82) is 0 Å². The SMILES string of the molecule is C=C(c1c[nH]c2cc(Cl)ccc12)N1CCC2(CC1)OC(=O)c1ccccc12. The van der Waals surface area contributed by atoms with E-state index >= 15 is 0 Å². The predicted octanol–water partition coefficient (Wildman–Crippen LogP) is 4.95. The van der Waals surface area contributed by atoms with Crippen LogP contribution in [0.2, 0.25) is 5.02 Å². The Morgan fingerprint density at radius 1 is 1.19 bits per heavy atom. The number of rotatable bonds is 2. The lowest BCUT2D eigenvalue weighted by Crippen LogP contribution is -2.41. The van der Waals surface area contributed by atoms with Gasteiger partial charge < -0.3 is 14.6 Å². The number of halogens is 1. The monoisotopic (exact) mass is 378 g/mol. The molecule has 1 aromatic heterocycles. The van der Waals surface area contributed by atoms with Crippen LogP contribution in [0, 0.1) is 0 Å². The van der Waals surface area contributed by atoms with Gasteiger partial charge in [-0.15, -0.1) is 0 Å². The molecule has 0 amide bonds. The van der Waals surface area contributed by atoms with Gasteiger partial charge in [0.05, 0.1) is 5.56 Å². The van der Waals surface area contributed by atoms with E-state index in [9.17, 15) is 4.79 Å². The Labute approximate surface area is 162 Å². The third-order valence-corrected chi connectivity index (χ3v) is 6.07. The van der Waals surface area contributed by atoms with Crippen molar-refractivity contribution in [3.05, 3.63) is 77.0 Å². The molecule has 5 rings (SSSR count). The molecule has 0 aliphatic carbocycles. The molecule has 2 aromatic carbocycles. The predicted molar refractivity (Wildman–Crippen MR) is 107 cm³/mol. The second kappa shape index (κ2) is 5.89. The Hall–Kier alpha value is -2.72. The first-order valence-electron chi connectivity index (χ1n) is 9.11. The third-order valence-electron chi connectivity index (χ3n) is 5.83. The number of aromatic amines is 1. The van der Waals surface area contributed by atoms with Crippen LogP contribution in [0.4, 0.5) is 0 Å². The zero-order valence-electron chi connectivity index (χ0n) is 14.8. The minimum Gasteiger partial charge on any atom is -0.450 e. The molecular weight excluding hydrogens is 360 g/mol. The summed E-state index contributed by atoms with van der Waals surface area (Å²) >= 11 is 6.08. The minimum atomic E-state index is -0.488. The van der Waals surface area contributed by atoms with Gasteiger partial charge in [0.25, 0.3) is 0 Å². The highest BCUT2D eigenvalue weighted by molar-refractivity contribution is 6.31. The molecule has 3 aromatic rings. The average molecular weight is 379 g/mol. The van der Waals surface area contributed by atoms with Crippen molar-refractivity contribution in [2.75, 3.05) is 13.1 Å². The van der Waals surface area contributed by atoms with E-state index in [4.69, 9.17) is 16.3 Å². The molecule has 1 spiro atoms. The molecule has 5 heteroatoms. The van der Waals surface area contributed by atoms with Gasteiger partial charge in [-0.2, -0.15) is 0 Å². The number of H-pyrrole nitrogens is 1. The summed E-state index contributed by atoms with van der Waals surface area (Å²) in [5, 5.41) is 1.82. The lowest BCUT2D eigenvalue weighted by Gasteiger charge is -2.40. The van der Waals surface area contributed by atoms with Crippen LogP contribution in [0.1, 0.15) is 34.3 Å². The normalized spacial score (nSPS) is 18.0. The van der Waals surface area contributed by atoms with E-state index in [0.717, 1.165) is 53.7 Å². The fourth-order valence-electron chi connectivity index (χ4n) is 4.36. The molecule has 1 saturated heterocycles. The molecule has 1 fully saturated rings. The van der Waals surface area contributed by atoms with Gasteiger partial charge in [0, 0.05) is 64.9 Å². The van der Waals surface area contributed by atoms with E-state index in [2.05, 4.69) is 16.5 Å². The van der Waals surface area contributed by atoms with Crippen molar-refractivity contribution in [1.82, 2.24) is 9.88 Å². The maximum Gasteiger partial charge on any atom is 0.339 e. The van der Waals surface area contributed by atoms with E-state index in [1.165, 1.54) is 0 Å². The van der Waals surface area contributed by atoms with E-state index in [-0.39, 0.29) is 5.97 Å². The Bertz CT molecular complexity index is 1080. The molecule has 0 atom stereocenters. The average Bonchev–Trinajstić information content (AvgIpc) is 3.21. The molecule has 3 heterocycles. The summed E-state index contributed by atoms with van der Waals surface area (Å²) in [5.74, 6) is -0.202. The van der Waals surface area contributed by atoms with Crippen LogP contribution < -0.4 is 0 Å². The fourth-order valence-corrected chi connectivity index (χ4v) is 4.53. The highest BCUT2D eigenvalue weighted by Crippen LogP contribution is 2.45. The number of fused-ring (bicyclic) bond motifs is 3. The summed E-state index contributed by atoms with van der Waals surface area (Å²) in [6, 6.07) is 13.6. The van der Waals surface area contributed by atoms with Gasteiger partial charge in [0.2, 0.25) is 0 Å². The van der Waals surface area contributed by atoms with E-state index in [0.29, 0.717) is 10.6 Å². The van der Waals surface area contributed by atoms with Gasteiger partial charge in [0.1, 0.15) is 5.60 Å². The van der Waals surface area contributed by atoms with Crippen LogP contribution in [-0.2, 0) is 10.3 Å². The third kappa shape index (κ3) is 2.47. The highest BCUT2D eigenvalue weighted by atomic mass is 35.5. The maximum absolute atomic E-state index is 12.2. The number of carbonyl (C=O) groups is 1. The quantitative estimate of drug-likeness (QED) is 0.641. The smallest absolute Gasteiger partial charge is 0.339 e. The van der Waals surface area contributed by atoms with Gasteiger partial charge in [-0.25, -0.2) is 4.79 Å². The Balaban J connectivity index is 1.39. The Morgan fingerprint density at radius 2 is 1.96 bits per heavy atom. The van der Waals surface area contributed by atoms with Crippen LogP contribution in [0.15, 0.2) is 55.2 Å². The second-order valence-electron chi connectivity index (χ2n) is 7.26. The molecule has 2 aliphatic rings. The number of benzene rings is 2. The lowest BCUT2D eigenvalue weighted by atomic mass is 9.83. The van der Waals surface area contributed by atoms with Gasteiger partial charge >= 0.3 is 5.97 Å². The fraction of sp³-hybridized carbons (Fsp3) is 0.227. The van der Waals surface area contributed by atoms with Crippen molar-refractivity contribution in [3.8, 4) is 0 Å². The molecule has 136 valence electrons. The van der Waals surface area contributed by atoms with Crippen molar-refractivity contribution in [2.45, 2.75) is 18.4 Å². The van der Waals surface area contributed by atoms with Gasteiger partial charge in [-0.05, 0) is 18.2 Å². The van der Waals surface area contributed by atoms with Crippen molar-refractivity contribution in [3.63, 3.8) is 0 Å². The van der Waals surface area contributed by atoms with Crippen molar-refractivity contribution < 1.29 is 9.53 Å². The zero-order chi connectivity index (χ0) is 18.6. The maximum atomic E-state index is 12.2. The summed E-state index contributed by atoms with van der Waals surface area (Å²) in [4.78, 5) is 17.8. The minimum absolute atomic E-state index is 0.202. The van der Waals surface area contributed by atoms with Gasteiger partial charge in [-0.1, -0.05) is 42.4 Å². The number of piperidine rings is 1. The standard InChI is InChI=1S/C22H19ClN2O2/c1-14(18-13-24-20-12-15(23)6-7-16(18)20)25-10-8-22(9-11-25)19-5-3-2-4-17(19)21(26)27-22/h2-7,12-13,24H,1,8-11H2. The molecule has 1 N–H and O–H groups in total. The summed E-state index contributed by atoms with van der Waals surface area (Å²) in [5.41, 5.74) is 4.32.